The normalized spacial score (nSPS) is 11.2. The minimum Gasteiger partial charge on any atom is -0.324 e. The SMILES string of the molecule is CCc1cccc(CC)c1NC(=O)CN(c1nccs1)S(=O)(=O)c1ccccc1. The summed E-state index contributed by atoms with van der Waals surface area (Å²) in [5.74, 6) is -0.407. The fourth-order valence-electron chi connectivity index (χ4n) is 3.03. The van der Waals surface area contributed by atoms with Crippen LogP contribution in [0, 0.1) is 0 Å². The highest BCUT2D eigenvalue weighted by Crippen LogP contribution is 2.26. The van der Waals surface area contributed by atoms with E-state index in [1.165, 1.54) is 29.7 Å². The van der Waals surface area contributed by atoms with Crippen molar-refractivity contribution in [1.29, 1.82) is 0 Å². The van der Waals surface area contributed by atoms with Crippen molar-refractivity contribution in [2.24, 2.45) is 0 Å². The largest absolute Gasteiger partial charge is 0.324 e. The van der Waals surface area contributed by atoms with E-state index in [1.807, 2.05) is 32.0 Å². The predicted octanol–water partition coefficient (Wildman–Crippen LogP) is 4.10. The number of sulfonamides is 1. The highest BCUT2D eigenvalue weighted by atomic mass is 32.2. The van der Waals surface area contributed by atoms with Crippen LogP contribution >= 0.6 is 11.3 Å². The fourth-order valence-corrected chi connectivity index (χ4v) is 5.29. The average molecular weight is 430 g/mol. The van der Waals surface area contributed by atoms with Crippen molar-refractivity contribution in [1.82, 2.24) is 4.98 Å². The molecule has 6 nitrogen and oxygen atoms in total. The third-order valence-corrected chi connectivity index (χ3v) is 7.17. The van der Waals surface area contributed by atoms with E-state index in [1.54, 1.807) is 23.6 Å². The Hall–Kier alpha value is -2.71. The summed E-state index contributed by atoms with van der Waals surface area (Å²) in [6, 6.07) is 14.0. The molecule has 0 radical (unpaired) electrons. The Bertz CT molecular complexity index is 1040. The van der Waals surface area contributed by atoms with Crippen LogP contribution in [0.4, 0.5) is 10.8 Å². The van der Waals surface area contributed by atoms with Gasteiger partial charge in [0.25, 0.3) is 10.0 Å². The summed E-state index contributed by atoms with van der Waals surface area (Å²) in [5, 5.41) is 4.86. The third-order valence-electron chi connectivity index (χ3n) is 4.51. The lowest BCUT2D eigenvalue weighted by molar-refractivity contribution is -0.114. The topological polar surface area (TPSA) is 79.4 Å². The second-order valence-corrected chi connectivity index (χ2v) is 9.08. The lowest BCUT2D eigenvalue weighted by Gasteiger charge is -2.22. The van der Waals surface area contributed by atoms with Gasteiger partial charge in [-0.1, -0.05) is 50.2 Å². The van der Waals surface area contributed by atoms with E-state index in [0.717, 1.165) is 34.0 Å². The molecule has 3 rings (SSSR count). The van der Waals surface area contributed by atoms with Gasteiger partial charge in [-0.3, -0.25) is 4.79 Å². The summed E-state index contributed by atoms with van der Waals surface area (Å²) >= 11 is 1.17. The van der Waals surface area contributed by atoms with Gasteiger partial charge >= 0.3 is 0 Å². The van der Waals surface area contributed by atoms with E-state index >= 15 is 0 Å². The molecule has 0 aliphatic carbocycles. The number of hydrogen-bond donors (Lipinski definition) is 1. The molecule has 1 heterocycles. The van der Waals surface area contributed by atoms with Gasteiger partial charge in [0.05, 0.1) is 4.90 Å². The predicted molar refractivity (Wildman–Crippen MR) is 117 cm³/mol. The van der Waals surface area contributed by atoms with Gasteiger partial charge in [0.15, 0.2) is 5.13 Å². The third kappa shape index (κ3) is 4.65. The molecule has 1 aromatic heterocycles. The Morgan fingerprint density at radius 2 is 1.69 bits per heavy atom. The number of nitrogens with zero attached hydrogens (tertiary/aromatic N) is 2. The second-order valence-electron chi connectivity index (χ2n) is 6.35. The van der Waals surface area contributed by atoms with Gasteiger partial charge in [-0.05, 0) is 36.1 Å². The van der Waals surface area contributed by atoms with Gasteiger partial charge in [0.1, 0.15) is 6.54 Å². The van der Waals surface area contributed by atoms with Crippen LogP contribution in [0.2, 0.25) is 0 Å². The summed E-state index contributed by atoms with van der Waals surface area (Å²) in [4.78, 5) is 17.1. The molecule has 0 bridgehead atoms. The van der Waals surface area contributed by atoms with Crippen LogP contribution in [0.3, 0.4) is 0 Å². The molecule has 0 fully saturated rings. The van der Waals surface area contributed by atoms with Gasteiger partial charge in [-0.2, -0.15) is 0 Å². The number of carbonyl (C=O) groups is 1. The first-order chi connectivity index (χ1) is 14.0. The quantitative estimate of drug-likeness (QED) is 0.585. The monoisotopic (exact) mass is 429 g/mol. The van der Waals surface area contributed by atoms with Crippen LogP contribution in [0.1, 0.15) is 25.0 Å². The van der Waals surface area contributed by atoms with Gasteiger partial charge in [0.2, 0.25) is 5.91 Å². The summed E-state index contributed by atoms with van der Waals surface area (Å²) in [5.41, 5.74) is 2.80. The molecule has 0 saturated heterocycles. The zero-order chi connectivity index (χ0) is 20.9. The van der Waals surface area contributed by atoms with Gasteiger partial charge in [-0.15, -0.1) is 11.3 Å². The van der Waals surface area contributed by atoms with Crippen LogP contribution in [0.5, 0.6) is 0 Å². The molecule has 0 unspecified atom stereocenters. The first kappa shape index (κ1) is 21.0. The molecule has 1 amide bonds. The van der Waals surface area contributed by atoms with Gasteiger partial charge in [0, 0.05) is 17.3 Å². The summed E-state index contributed by atoms with van der Waals surface area (Å²) in [6.07, 6.45) is 3.05. The number of aryl methyl sites for hydroxylation is 2. The van der Waals surface area contributed by atoms with Gasteiger partial charge < -0.3 is 5.32 Å². The molecule has 0 aliphatic heterocycles. The maximum Gasteiger partial charge on any atom is 0.266 e. The maximum absolute atomic E-state index is 13.2. The van der Waals surface area contributed by atoms with E-state index in [9.17, 15) is 13.2 Å². The molecule has 29 heavy (non-hydrogen) atoms. The maximum atomic E-state index is 13.2. The molecule has 0 spiro atoms. The molecule has 0 atom stereocenters. The van der Waals surface area contributed by atoms with E-state index < -0.39 is 15.9 Å². The van der Waals surface area contributed by atoms with Crippen molar-refractivity contribution in [3.8, 4) is 0 Å². The van der Waals surface area contributed by atoms with Crippen LogP contribution in [-0.2, 0) is 27.7 Å². The van der Waals surface area contributed by atoms with Crippen LogP contribution in [0.25, 0.3) is 0 Å². The lowest BCUT2D eigenvalue weighted by Crippen LogP contribution is -2.38. The van der Waals surface area contributed by atoms with Crippen LogP contribution < -0.4 is 9.62 Å². The number of aromatic nitrogens is 1. The van der Waals surface area contributed by atoms with Crippen molar-refractivity contribution in [3.63, 3.8) is 0 Å². The standard InChI is InChI=1S/C21H23N3O3S2/c1-3-16-9-8-10-17(4-2)20(16)23-19(25)15-24(21-22-13-14-28-21)29(26,27)18-11-6-5-7-12-18/h5-14H,3-4,15H2,1-2H3,(H,23,25). The smallest absolute Gasteiger partial charge is 0.266 e. The van der Waals surface area contributed by atoms with E-state index in [2.05, 4.69) is 10.3 Å². The second kappa shape index (κ2) is 9.19. The number of amides is 1. The van der Waals surface area contributed by atoms with E-state index in [-0.39, 0.29) is 16.6 Å². The highest BCUT2D eigenvalue weighted by Gasteiger charge is 2.29. The van der Waals surface area contributed by atoms with E-state index in [4.69, 9.17) is 0 Å². The first-order valence-corrected chi connectivity index (χ1v) is 11.7. The van der Waals surface area contributed by atoms with Crippen molar-refractivity contribution < 1.29 is 13.2 Å². The number of nitrogens with one attached hydrogen (secondary N) is 1. The summed E-state index contributed by atoms with van der Waals surface area (Å²) < 4.78 is 27.4. The fraction of sp³-hybridized carbons (Fsp3) is 0.238. The molecule has 8 heteroatoms. The van der Waals surface area contributed by atoms with Gasteiger partial charge in [-0.25, -0.2) is 17.7 Å². The zero-order valence-corrected chi connectivity index (χ0v) is 18.0. The van der Waals surface area contributed by atoms with E-state index in [0.29, 0.717) is 0 Å². The number of hydrogen-bond acceptors (Lipinski definition) is 5. The number of carbonyl (C=O) groups excluding carboxylic acids is 1. The Labute approximate surface area is 175 Å². The Balaban J connectivity index is 1.92. The summed E-state index contributed by atoms with van der Waals surface area (Å²) in [6.45, 7) is 3.68. The number of thiazole rings is 1. The van der Waals surface area contributed by atoms with Crippen molar-refractivity contribution >= 4 is 38.1 Å². The number of para-hydroxylation sites is 1. The van der Waals surface area contributed by atoms with Crippen molar-refractivity contribution in [2.75, 3.05) is 16.2 Å². The molecular formula is C21H23N3O3S2. The number of anilines is 2. The van der Waals surface area contributed by atoms with Crippen molar-refractivity contribution in [2.45, 2.75) is 31.6 Å². The minimum atomic E-state index is -3.92. The molecule has 152 valence electrons. The minimum absolute atomic E-state index is 0.117. The molecule has 0 aliphatic rings. The Morgan fingerprint density at radius 3 is 2.24 bits per heavy atom. The highest BCUT2D eigenvalue weighted by molar-refractivity contribution is 7.93. The average Bonchev–Trinajstić information content (AvgIpc) is 3.27. The molecule has 1 N–H and O–H groups in total. The van der Waals surface area contributed by atoms with Crippen molar-refractivity contribution in [3.05, 3.63) is 71.2 Å². The number of rotatable bonds is 8. The van der Waals surface area contributed by atoms with Crippen LogP contribution in [0.15, 0.2) is 65.0 Å². The Kier molecular flexibility index (Phi) is 6.66. The summed E-state index contributed by atoms with van der Waals surface area (Å²) in [7, 11) is -3.92. The molecular weight excluding hydrogens is 406 g/mol. The first-order valence-electron chi connectivity index (χ1n) is 9.35. The Morgan fingerprint density at radius 1 is 1.03 bits per heavy atom. The molecule has 2 aromatic carbocycles. The lowest BCUT2D eigenvalue weighted by atomic mass is 10.0. The zero-order valence-electron chi connectivity index (χ0n) is 16.3. The molecule has 3 aromatic rings. The van der Waals surface area contributed by atoms with Crippen LogP contribution in [-0.4, -0.2) is 25.9 Å². The molecule has 0 saturated carbocycles. The number of benzene rings is 2.